The number of imidazole rings is 1. The summed E-state index contributed by atoms with van der Waals surface area (Å²) in [6.07, 6.45) is 0.0550. The molecule has 0 saturated heterocycles. The van der Waals surface area contributed by atoms with Gasteiger partial charge in [0.25, 0.3) is 0 Å². The smallest absolute Gasteiger partial charge is 0.232 e. The minimum atomic E-state index is -0.464. The van der Waals surface area contributed by atoms with E-state index in [9.17, 15) is 9.59 Å². The summed E-state index contributed by atoms with van der Waals surface area (Å²) in [6, 6.07) is 9.43. The molecular weight excluding hydrogens is 270 g/mol. The van der Waals surface area contributed by atoms with E-state index in [1.165, 1.54) is 0 Å². The zero-order valence-electron chi connectivity index (χ0n) is 11.2. The summed E-state index contributed by atoms with van der Waals surface area (Å²) < 4.78 is 1.90. The number of hydrogen-bond acceptors (Lipinski definition) is 4. The number of hydrogen-bond donors (Lipinski definition) is 2. The third kappa shape index (κ3) is 2.43. The number of nitrogens with one attached hydrogen (secondary N) is 2. The van der Waals surface area contributed by atoms with Crippen molar-refractivity contribution in [2.45, 2.75) is 13.0 Å². The Bertz CT molecular complexity index is 758. The molecule has 1 aliphatic rings. The fourth-order valence-corrected chi connectivity index (χ4v) is 2.46. The van der Waals surface area contributed by atoms with Gasteiger partial charge in [-0.05, 0) is 12.1 Å². The van der Waals surface area contributed by atoms with E-state index in [0.717, 1.165) is 11.0 Å². The van der Waals surface area contributed by atoms with E-state index in [2.05, 4.69) is 15.6 Å². The lowest BCUT2D eigenvalue weighted by Crippen LogP contribution is -2.37. The Hall–Kier alpha value is -2.88. The number of carbonyl (C=O) groups is 2. The highest BCUT2D eigenvalue weighted by molar-refractivity contribution is 5.97. The number of aromatic nitrogens is 2. The van der Waals surface area contributed by atoms with E-state index >= 15 is 0 Å². The molecule has 2 aromatic rings. The van der Waals surface area contributed by atoms with Gasteiger partial charge in [0.15, 0.2) is 0 Å². The summed E-state index contributed by atoms with van der Waals surface area (Å²) in [7, 11) is 0. The molecule has 2 heterocycles. The molecule has 1 aromatic carbocycles. The summed E-state index contributed by atoms with van der Waals surface area (Å²) in [4.78, 5) is 28.1. The monoisotopic (exact) mass is 283 g/mol. The molecule has 1 unspecified atom stereocenters. The Morgan fingerprint density at radius 2 is 2.33 bits per heavy atom. The first-order valence-corrected chi connectivity index (χ1v) is 6.59. The maximum Gasteiger partial charge on any atom is 0.232 e. The molecule has 0 radical (unpaired) electrons. The van der Waals surface area contributed by atoms with Crippen molar-refractivity contribution < 1.29 is 9.59 Å². The first-order valence-electron chi connectivity index (χ1n) is 6.59. The first kappa shape index (κ1) is 13.1. The second-order valence-corrected chi connectivity index (χ2v) is 4.86. The van der Waals surface area contributed by atoms with Crippen LogP contribution in [0, 0.1) is 17.2 Å². The van der Waals surface area contributed by atoms with Crippen molar-refractivity contribution in [2.75, 3.05) is 11.9 Å². The van der Waals surface area contributed by atoms with Crippen LogP contribution in [0.1, 0.15) is 6.42 Å². The first-order chi connectivity index (χ1) is 10.2. The third-order valence-electron chi connectivity index (χ3n) is 3.46. The van der Waals surface area contributed by atoms with Crippen molar-refractivity contribution in [1.82, 2.24) is 14.9 Å². The molecular formula is C14H13N5O2. The average molecular weight is 283 g/mol. The van der Waals surface area contributed by atoms with Gasteiger partial charge in [-0.25, -0.2) is 4.98 Å². The molecule has 0 bridgehead atoms. The quantitative estimate of drug-likeness (QED) is 0.807. The molecule has 106 valence electrons. The van der Waals surface area contributed by atoms with E-state index < -0.39 is 5.92 Å². The fourth-order valence-electron chi connectivity index (χ4n) is 2.46. The van der Waals surface area contributed by atoms with Gasteiger partial charge in [-0.15, -0.1) is 0 Å². The Labute approximate surface area is 120 Å². The maximum atomic E-state index is 12.0. The Kier molecular flexibility index (Phi) is 3.28. The van der Waals surface area contributed by atoms with Gasteiger partial charge in [0.1, 0.15) is 6.54 Å². The van der Waals surface area contributed by atoms with Gasteiger partial charge < -0.3 is 9.88 Å². The van der Waals surface area contributed by atoms with Crippen molar-refractivity contribution in [3.63, 3.8) is 0 Å². The number of fused-ring (bicyclic) bond motifs is 3. The van der Waals surface area contributed by atoms with E-state index in [-0.39, 0.29) is 24.8 Å². The van der Waals surface area contributed by atoms with Crippen LogP contribution in [-0.4, -0.2) is 27.9 Å². The number of carbonyl (C=O) groups excluding carboxylic acids is 2. The topological polar surface area (TPSA) is 99.8 Å². The molecule has 0 spiro atoms. The van der Waals surface area contributed by atoms with Crippen LogP contribution in [0.3, 0.4) is 0 Å². The highest BCUT2D eigenvalue weighted by atomic mass is 16.2. The van der Waals surface area contributed by atoms with Crippen LogP contribution >= 0.6 is 0 Å². The number of nitriles is 1. The van der Waals surface area contributed by atoms with Gasteiger partial charge >= 0.3 is 0 Å². The van der Waals surface area contributed by atoms with Crippen LogP contribution in [-0.2, 0) is 16.1 Å². The molecule has 0 fully saturated rings. The Morgan fingerprint density at radius 3 is 3.14 bits per heavy atom. The van der Waals surface area contributed by atoms with Crippen molar-refractivity contribution in [2.24, 2.45) is 5.92 Å². The fraction of sp³-hybridized carbons (Fsp3) is 0.286. The summed E-state index contributed by atoms with van der Waals surface area (Å²) in [5.41, 5.74) is 1.73. The predicted molar refractivity (Wildman–Crippen MR) is 75.1 cm³/mol. The SMILES string of the molecule is N#CCNC(=O)CC1Cn2c(nc3ccccc32)NC1=O. The van der Waals surface area contributed by atoms with Crippen molar-refractivity contribution in [1.29, 1.82) is 5.26 Å². The summed E-state index contributed by atoms with van der Waals surface area (Å²) >= 11 is 0. The maximum absolute atomic E-state index is 12.0. The van der Waals surface area contributed by atoms with E-state index in [4.69, 9.17) is 5.26 Å². The number of amides is 2. The van der Waals surface area contributed by atoms with Gasteiger partial charge in [0.2, 0.25) is 17.8 Å². The number of anilines is 1. The lowest BCUT2D eigenvalue weighted by Gasteiger charge is -2.23. The van der Waals surface area contributed by atoms with E-state index in [1.54, 1.807) is 0 Å². The third-order valence-corrected chi connectivity index (χ3v) is 3.46. The molecule has 21 heavy (non-hydrogen) atoms. The number of rotatable bonds is 3. The standard InChI is InChI=1S/C14H13N5O2/c15-5-6-16-12(20)7-9-8-19-11-4-2-1-3-10(11)17-14(19)18-13(9)21/h1-4,9H,6-8H2,(H,16,20)(H,17,18,21). The molecule has 1 aliphatic heterocycles. The van der Waals surface area contributed by atoms with Gasteiger partial charge in [-0.1, -0.05) is 12.1 Å². The largest absolute Gasteiger partial charge is 0.343 e. The Morgan fingerprint density at radius 1 is 1.52 bits per heavy atom. The predicted octanol–water partition coefficient (Wildman–Crippen LogP) is 0.634. The average Bonchev–Trinajstić information content (AvgIpc) is 2.83. The van der Waals surface area contributed by atoms with E-state index in [0.29, 0.717) is 12.5 Å². The van der Waals surface area contributed by atoms with Crippen LogP contribution < -0.4 is 10.6 Å². The number of para-hydroxylation sites is 2. The van der Waals surface area contributed by atoms with Gasteiger partial charge in [0.05, 0.1) is 23.0 Å². The van der Waals surface area contributed by atoms with Gasteiger partial charge in [-0.3, -0.25) is 14.9 Å². The molecule has 1 aromatic heterocycles. The van der Waals surface area contributed by atoms with Gasteiger partial charge in [-0.2, -0.15) is 5.26 Å². The van der Waals surface area contributed by atoms with Crippen LogP contribution in [0.2, 0.25) is 0 Å². The summed E-state index contributed by atoms with van der Waals surface area (Å²) in [5, 5.41) is 13.6. The second-order valence-electron chi connectivity index (χ2n) is 4.86. The second kappa shape index (κ2) is 5.25. The van der Waals surface area contributed by atoms with Crippen LogP contribution in [0.4, 0.5) is 5.95 Å². The summed E-state index contributed by atoms with van der Waals surface area (Å²) in [6.45, 7) is 0.355. The lowest BCUT2D eigenvalue weighted by molar-refractivity contribution is -0.128. The molecule has 2 N–H and O–H groups in total. The normalized spacial score (nSPS) is 16.9. The zero-order chi connectivity index (χ0) is 14.8. The zero-order valence-corrected chi connectivity index (χ0v) is 11.2. The minimum Gasteiger partial charge on any atom is -0.343 e. The minimum absolute atomic E-state index is 0.0492. The molecule has 1 atom stereocenters. The van der Waals surface area contributed by atoms with Crippen LogP contribution in [0.5, 0.6) is 0 Å². The highest BCUT2D eigenvalue weighted by Crippen LogP contribution is 2.26. The van der Waals surface area contributed by atoms with E-state index in [1.807, 2.05) is 34.9 Å². The molecule has 0 aliphatic carbocycles. The number of benzene rings is 1. The summed E-state index contributed by atoms with van der Waals surface area (Å²) in [5.74, 6) is -0.474. The molecule has 7 nitrogen and oxygen atoms in total. The van der Waals surface area contributed by atoms with Crippen molar-refractivity contribution >= 4 is 28.8 Å². The molecule has 0 saturated carbocycles. The van der Waals surface area contributed by atoms with Crippen molar-refractivity contribution in [3.05, 3.63) is 24.3 Å². The van der Waals surface area contributed by atoms with Crippen molar-refractivity contribution in [3.8, 4) is 6.07 Å². The molecule has 3 rings (SSSR count). The molecule has 7 heteroatoms. The number of nitrogens with zero attached hydrogens (tertiary/aromatic N) is 3. The Balaban J connectivity index is 1.82. The highest BCUT2D eigenvalue weighted by Gasteiger charge is 2.30. The lowest BCUT2D eigenvalue weighted by atomic mass is 10.0. The van der Waals surface area contributed by atoms with Crippen LogP contribution in [0.15, 0.2) is 24.3 Å². The van der Waals surface area contributed by atoms with Gasteiger partial charge in [0, 0.05) is 13.0 Å². The molecule has 2 amide bonds. The van der Waals surface area contributed by atoms with Crippen LogP contribution in [0.25, 0.3) is 11.0 Å².